The fourth-order valence-electron chi connectivity index (χ4n) is 3.48. The summed E-state index contributed by atoms with van der Waals surface area (Å²) in [6, 6.07) is 6.82. The van der Waals surface area contributed by atoms with Crippen molar-refractivity contribution in [3.63, 3.8) is 0 Å². The Morgan fingerprint density at radius 3 is 2.75 bits per heavy atom. The van der Waals surface area contributed by atoms with E-state index in [4.69, 9.17) is 4.42 Å². The van der Waals surface area contributed by atoms with Crippen molar-refractivity contribution < 1.29 is 14.0 Å². The molecule has 0 spiro atoms. The average molecular weight is 439 g/mol. The number of H-pyrrole nitrogens is 1. The number of benzene rings is 1. The molecule has 1 aromatic carbocycles. The Bertz CT molecular complexity index is 1150. The van der Waals surface area contributed by atoms with Crippen molar-refractivity contribution in [2.24, 2.45) is 0 Å². The number of hydrogen-bond acceptors (Lipinski definition) is 6. The summed E-state index contributed by atoms with van der Waals surface area (Å²) in [7, 11) is 0. The van der Waals surface area contributed by atoms with E-state index < -0.39 is 5.76 Å². The number of hydrogen-bond donors (Lipinski definition) is 4. The first-order valence-corrected chi connectivity index (χ1v) is 10.4. The van der Waals surface area contributed by atoms with Gasteiger partial charge in [0, 0.05) is 18.7 Å². The predicted molar refractivity (Wildman–Crippen MR) is 116 cm³/mol. The molecule has 0 saturated heterocycles. The summed E-state index contributed by atoms with van der Waals surface area (Å²) in [4.78, 5) is 36.1. The van der Waals surface area contributed by atoms with E-state index in [0.29, 0.717) is 31.1 Å². The Morgan fingerprint density at radius 1 is 1.22 bits per heavy atom. The van der Waals surface area contributed by atoms with Crippen molar-refractivity contribution in [1.82, 2.24) is 30.5 Å². The SMILES string of the molecule is CCCCNC(=O)NN1Cc2[nH]nc(NC(=O)Cc3ccc(-n4ccoc4=O)cc3)c2C1. The zero-order chi connectivity index (χ0) is 22.5. The van der Waals surface area contributed by atoms with Gasteiger partial charge in [0.05, 0.1) is 30.5 Å². The molecule has 168 valence electrons. The molecular formula is C21H25N7O4. The molecule has 3 heterocycles. The highest BCUT2D eigenvalue weighted by Gasteiger charge is 2.26. The topological polar surface area (TPSA) is 137 Å². The molecule has 11 nitrogen and oxygen atoms in total. The Morgan fingerprint density at radius 2 is 2.03 bits per heavy atom. The summed E-state index contributed by atoms with van der Waals surface area (Å²) in [5.74, 6) is -0.219. The van der Waals surface area contributed by atoms with Gasteiger partial charge in [-0.3, -0.25) is 15.3 Å². The summed E-state index contributed by atoms with van der Waals surface area (Å²) < 4.78 is 6.14. The second-order valence-corrected chi connectivity index (χ2v) is 7.54. The van der Waals surface area contributed by atoms with E-state index in [9.17, 15) is 14.4 Å². The van der Waals surface area contributed by atoms with Crippen LogP contribution in [0, 0.1) is 0 Å². The van der Waals surface area contributed by atoms with Crippen LogP contribution in [0.1, 0.15) is 36.6 Å². The van der Waals surface area contributed by atoms with E-state index in [1.807, 2.05) is 0 Å². The number of carbonyl (C=O) groups is 2. The van der Waals surface area contributed by atoms with Crippen LogP contribution in [0.15, 0.2) is 45.9 Å². The summed E-state index contributed by atoms with van der Waals surface area (Å²) in [5.41, 5.74) is 5.95. The van der Waals surface area contributed by atoms with Crippen LogP contribution in [0.5, 0.6) is 0 Å². The first-order valence-electron chi connectivity index (χ1n) is 10.4. The second kappa shape index (κ2) is 9.52. The molecule has 32 heavy (non-hydrogen) atoms. The maximum absolute atomic E-state index is 12.5. The number of anilines is 1. The maximum Gasteiger partial charge on any atom is 0.423 e. The number of oxazole rings is 1. The zero-order valence-electron chi connectivity index (χ0n) is 17.7. The van der Waals surface area contributed by atoms with Gasteiger partial charge in [-0.25, -0.2) is 19.2 Å². The minimum atomic E-state index is -0.468. The van der Waals surface area contributed by atoms with Gasteiger partial charge in [0.1, 0.15) is 6.26 Å². The zero-order valence-corrected chi connectivity index (χ0v) is 17.7. The second-order valence-electron chi connectivity index (χ2n) is 7.54. The summed E-state index contributed by atoms with van der Waals surface area (Å²) in [6.07, 6.45) is 4.95. The van der Waals surface area contributed by atoms with Crippen LogP contribution in [0.2, 0.25) is 0 Å². The van der Waals surface area contributed by atoms with Crippen molar-refractivity contribution >= 4 is 17.8 Å². The molecular weight excluding hydrogens is 414 g/mol. The fraction of sp³-hybridized carbons (Fsp3) is 0.333. The molecule has 0 aliphatic carbocycles. The smallest absolute Gasteiger partial charge is 0.416 e. The Kier molecular flexibility index (Phi) is 6.36. The molecule has 2 aromatic heterocycles. The lowest BCUT2D eigenvalue weighted by Crippen LogP contribution is -2.45. The van der Waals surface area contributed by atoms with Crippen LogP contribution in [0.4, 0.5) is 10.6 Å². The molecule has 4 N–H and O–H groups in total. The lowest BCUT2D eigenvalue weighted by Gasteiger charge is -2.17. The fourth-order valence-corrected chi connectivity index (χ4v) is 3.48. The van der Waals surface area contributed by atoms with Gasteiger partial charge in [0.15, 0.2) is 5.82 Å². The van der Waals surface area contributed by atoms with Gasteiger partial charge in [-0.2, -0.15) is 5.10 Å². The van der Waals surface area contributed by atoms with Crippen molar-refractivity contribution in [1.29, 1.82) is 0 Å². The van der Waals surface area contributed by atoms with Crippen molar-refractivity contribution in [3.8, 4) is 5.69 Å². The van der Waals surface area contributed by atoms with E-state index >= 15 is 0 Å². The first kappa shape index (κ1) is 21.4. The van der Waals surface area contributed by atoms with Crippen molar-refractivity contribution in [3.05, 3.63) is 64.1 Å². The highest BCUT2D eigenvalue weighted by atomic mass is 16.4. The quantitative estimate of drug-likeness (QED) is 0.394. The number of urea groups is 1. The van der Waals surface area contributed by atoms with Gasteiger partial charge < -0.3 is 15.1 Å². The molecule has 11 heteroatoms. The number of fused-ring (bicyclic) bond motifs is 1. The Labute approximate surface area is 183 Å². The minimum Gasteiger partial charge on any atom is -0.416 e. The highest BCUT2D eigenvalue weighted by Crippen LogP contribution is 2.25. The molecule has 3 amide bonds. The normalized spacial score (nSPS) is 13.0. The third-order valence-electron chi connectivity index (χ3n) is 5.14. The Hall–Kier alpha value is -3.86. The number of aromatic amines is 1. The molecule has 0 atom stereocenters. The number of nitrogens with one attached hydrogen (secondary N) is 4. The summed E-state index contributed by atoms with van der Waals surface area (Å²) in [5, 5.41) is 14.5. The van der Waals surface area contributed by atoms with Crippen LogP contribution in [-0.4, -0.2) is 38.3 Å². The van der Waals surface area contributed by atoms with Crippen LogP contribution in [-0.2, 0) is 24.3 Å². The lowest BCUT2D eigenvalue weighted by molar-refractivity contribution is -0.115. The molecule has 3 aromatic rings. The van der Waals surface area contributed by atoms with Crippen LogP contribution in [0.3, 0.4) is 0 Å². The average Bonchev–Trinajstić information content (AvgIpc) is 3.46. The number of unbranched alkanes of at least 4 members (excludes halogenated alkanes) is 1. The van der Waals surface area contributed by atoms with E-state index in [1.165, 1.54) is 17.0 Å². The number of carbonyl (C=O) groups excluding carboxylic acids is 2. The highest BCUT2D eigenvalue weighted by molar-refractivity contribution is 5.92. The molecule has 0 bridgehead atoms. The first-order chi connectivity index (χ1) is 15.5. The number of amides is 3. The molecule has 4 rings (SSSR count). The summed E-state index contributed by atoms with van der Waals surface area (Å²) >= 11 is 0. The van der Waals surface area contributed by atoms with Gasteiger partial charge in [0.2, 0.25) is 5.91 Å². The lowest BCUT2D eigenvalue weighted by atomic mass is 10.1. The third-order valence-corrected chi connectivity index (χ3v) is 5.14. The van der Waals surface area contributed by atoms with Gasteiger partial charge in [-0.15, -0.1) is 0 Å². The van der Waals surface area contributed by atoms with E-state index in [-0.39, 0.29) is 18.4 Å². The number of nitrogens with zero attached hydrogens (tertiary/aromatic N) is 3. The molecule has 0 radical (unpaired) electrons. The number of hydrazine groups is 1. The standard InChI is InChI=1S/C21H25N7O4/c1-2-3-8-22-20(30)26-27-12-16-17(13-27)24-25-19(16)23-18(29)11-14-4-6-15(7-5-14)28-9-10-32-21(28)31/h4-7,9-10H,2-3,8,11-13H2,1H3,(H2,22,26,30)(H2,23,24,25,29). The molecule has 0 unspecified atom stereocenters. The largest absolute Gasteiger partial charge is 0.423 e. The number of rotatable bonds is 8. The van der Waals surface area contributed by atoms with Gasteiger partial charge in [0.25, 0.3) is 0 Å². The molecule has 0 fully saturated rings. The minimum absolute atomic E-state index is 0.157. The van der Waals surface area contributed by atoms with Gasteiger partial charge >= 0.3 is 11.8 Å². The van der Waals surface area contributed by atoms with Crippen LogP contribution < -0.4 is 21.8 Å². The van der Waals surface area contributed by atoms with E-state index in [0.717, 1.165) is 29.7 Å². The summed E-state index contributed by atoms with van der Waals surface area (Å²) in [6.45, 7) is 3.61. The number of aromatic nitrogens is 3. The molecule has 0 saturated carbocycles. The van der Waals surface area contributed by atoms with Crippen molar-refractivity contribution in [2.45, 2.75) is 39.3 Å². The molecule has 1 aliphatic heterocycles. The van der Waals surface area contributed by atoms with E-state index in [1.54, 1.807) is 29.3 Å². The van der Waals surface area contributed by atoms with Gasteiger partial charge in [-0.05, 0) is 24.1 Å². The Balaban J connectivity index is 1.31. The van der Waals surface area contributed by atoms with Crippen LogP contribution >= 0.6 is 0 Å². The maximum atomic E-state index is 12.5. The van der Waals surface area contributed by atoms with Crippen LogP contribution in [0.25, 0.3) is 5.69 Å². The van der Waals surface area contributed by atoms with Gasteiger partial charge in [-0.1, -0.05) is 25.5 Å². The predicted octanol–water partition coefficient (Wildman–Crippen LogP) is 1.66. The van der Waals surface area contributed by atoms with E-state index in [2.05, 4.69) is 33.2 Å². The monoisotopic (exact) mass is 439 g/mol. The molecule has 1 aliphatic rings. The van der Waals surface area contributed by atoms with Crippen molar-refractivity contribution in [2.75, 3.05) is 11.9 Å². The third kappa shape index (κ3) is 4.89.